The van der Waals surface area contributed by atoms with Gasteiger partial charge in [-0.05, 0) is 84.6 Å². The third-order valence-electron chi connectivity index (χ3n) is 9.41. The van der Waals surface area contributed by atoms with Crippen molar-refractivity contribution in [3.63, 3.8) is 0 Å². The summed E-state index contributed by atoms with van der Waals surface area (Å²) in [6, 6.07) is 36.5. The average Bonchev–Trinajstić information content (AvgIpc) is 3.49. The van der Waals surface area contributed by atoms with E-state index in [0.29, 0.717) is 5.41 Å². The molecule has 5 heteroatoms. The zero-order chi connectivity index (χ0) is 35.9. The standard InChI is InChI=1S/C25H28N.C22H15N2O.Ir/c1-17-7-10-22(24-13-18(2)19(3)16-26-24)14-23(17)21-11-8-20(9-12-21)15-25(4,5)6;1-13-6-9-20(24-11-13)18-5-3-4-16-17-8-7-15-10-14(2)23-12-19(15)22(17)25-21(16)18;/h7-9,11-14,16H,15H2,1-6H3;3-4,6-12H,1-2H3;/q2*-1;. The fourth-order valence-corrected chi connectivity index (χ4v) is 6.54. The zero-order valence-electron chi connectivity index (χ0n) is 31.1. The number of rotatable bonds is 4. The Morgan fingerprint density at radius 2 is 1.38 bits per heavy atom. The SMILES string of the molecule is Cc1ccc(-c2[c-]ccc3c2oc2c4cnc(C)cc4ccc32)nc1.Cc1cnc(-c2[c-]cc(C)c(-c3ccc(CC(C)(C)C)cc3)c2)cc1C.[Ir]. The van der Waals surface area contributed by atoms with Gasteiger partial charge in [0.05, 0.1) is 5.58 Å². The van der Waals surface area contributed by atoms with Crippen LogP contribution >= 0.6 is 0 Å². The molecule has 0 saturated carbocycles. The second-order valence-electron chi connectivity index (χ2n) is 14.9. The third-order valence-corrected chi connectivity index (χ3v) is 9.41. The van der Waals surface area contributed by atoms with Crippen LogP contribution in [0.4, 0.5) is 0 Å². The number of furan rings is 1. The number of benzene rings is 4. The van der Waals surface area contributed by atoms with Crippen LogP contribution in [0.25, 0.3) is 66.4 Å². The van der Waals surface area contributed by atoms with Crippen LogP contribution in [0.5, 0.6) is 0 Å². The number of hydrogen-bond donors (Lipinski definition) is 0. The second-order valence-corrected chi connectivity index (χ2v) is 14.9. The molecule has 0 fully saturated rings. The van der Waals surface area contributed by atoms with Gasteiger partial charge in [0.2, 0.25) is 0 Å². The third kappa shape index (κ3) is 7.77. The van der Waals surface area contributed by atoms with Gasteiger partial charge in [0, 0.05) is 55.2 Å². The van der Waals surface area contributed by atoms with Crippen molar-refractivity contribution in [2.75, 3.05) is 0 Å². The molecular formula is C47H43IrN3O-2. The van der Waals surface area contributed by atoms with E-state index < -0.39 is 0 Å². The van der Waals surface area contributed by atoms with Gasteiger partial charge in [-0.2, -0.15) is 0 Å². The first-order chi connectivity index (χ1) is 24.4. The van der Waals surface area contributed by atoms with Crippen LogP contribution in [0.3, 0.4) is 0 Å². The Kier molecular flexibility index (Phi) is 10.6. The van der Waals surface area contributed by atoms with Crippen LogP contribution < -0.4 is 0 Å². The number of aromatic nitrogens is 3. The molecule has 1 radical (unpaired) electrons. The van der Waals surface area contributed by atoms with Gasteiger partial charge >= 0.3 is 0 Å². The van der Waals surface area contributed by atoms with Gasteiger partial charge in [-0.1, -0.05) is 104 Å². The molecule has 0 aliphatic carbocycles. The normalized spacial score (nSPS) is 11.4. The maximum atomic E-state index is 6.31. The molecule has 4 aromatic carbocycles. The maximum absolute atomic E-state index is 6.31. The van der Waals surface area contributed by atoms with Gasteiger partial charge in [0.15, 0.2) is 0 Å². The van der Waals surface area contributed by atoms with E-state index in [9.17, 15) is 0 Å². The predicted octanol–water partition coefficient (Wildman–Crippen LogP) is 12.3. The Balaban J connectivity index is 0.000000175. The maximum Gasteiger partial charge on any atom is 0.130 e. The summed E-state index contributed by atoms with van der Waals surface area (Å²) < 4.78 is 6.31. The first-order valence-corrected chi connectivity index (χ1v) is 17.5. The first-order valence-electron chi connectivity index (χ1n) is 17.5. The number of nitrogens with zero attached hydrogens (tertiary/aromatic N) is 3. The van der Waals surface area contributed by atoms with E-state index in [1.54, 1.807) is 0 Å². The molecule has 0 bridgehead atoms. The number of fused-ring (bicyclic) bond motifs is 5. The van der Waals surface area contributed by atoms with E-state index >= 15 is 0 Å². The van der Waals surface area contributed by atoms with Crippen molar-refractivity contribution in [3.8, 4) is 33.6 Å². The minimum atomic E-state index is 0. The number of pyridine rings is 3. The molecular weight excluding hydrogens is 815 g/mol. The van der Waals surface area contributed by atoms with E-state index in [2.05, 4.69) is 135 Å². The minimum Gasteiger partial charge on any atom is -0.500 e. The summed E-state index contributed by atoms with van der Waals surface area (Å²) >= 11 is 0. The van der Waals surface area contributed by atoms with Crippen molar-refractivity contribution in [1.82, 2.24) is 15.0 Å². The Hall–Kier alpha value is -4.96. The molecule has 4 nitrogen and oxygen atoms in total. The second kappa shape index (κ2) is 14.9. The summed E-state index contributed by atoms with van der Waals surface area (Å²) in [7, 11) is 0. The van der Waals surface area contributed by atoms with Gasteiger partial charge in [0.1, 0.15) is 5.58 Å². The van der Waals surface area contributed by atoms with Crippen molar-refractivity contribution in [3.05, 3.63) is 149 Å². The Morgan fingerprint density at radius 1 is 0.635 bits per heavy atom. The molecule has 0 aliphatic heterocycles. The van der Waals surface area contributed by atoms with Crippen molar-refractivity contribution in [1.29, 1.82) is 0 Å². The smallest absolute Gasteiger partial charge is 0.130 e. The summed E-state index contributed by atoms with van der Waals surface area (Å²) in [5, 5.41) is 4.34. The van der Waals surface area contributed by atoms with E-state index in [0.717, 1.165) is 72.9 Å². The van der Waals surface area contributed by atoms with Crippen LogP contribution in [0.2, 0.25) is 0 Å². The van der Waals surface area contributed by atoms with Crippen LogP contribution in [-0.2, 0) is 26.5 Å². The van der Waals surface area contributed by atoms with Gasteiger partial charge in [-0.3, -0.25) is 4.98 Å². The fraction of sp³-hybridized carbons (Fsp3) is 0.213. The topological polar surface area (TPSA) is 51.8 Å². The molecule has 0 N–H and O–H groups in total. The number of hydrogen-bond acceptors (Lipinski definition) is 4. The Labute approximate surface area is 320 Å². The number of aryl methyl sites for hydroxylation is 5. The summed E-state index contributed by atoms with van der Waals surface area (Å²) in [5.41, 5.74) is 15.5. The van der Waals surface area contributed by atoms with E-state index in [1.807, 2.05) is 50.6 Å². The summed E-state index contributed by atoms with van der Waals surface area (Å²) in [6.07, 6.45) is 6.79. The summed E-state index contributed by atoms with van der Waals surface area (Å²) in [6.45, 7) is 17.2. The molecule has 0 saturated heterocycles. The largest absolute Gasteiger partial charge is 0.500 e. The molecule has 0 unspecified atom stereocenters. The molecule has 0 amide bonds. The van der Waals surface area contributed by atoms with E-state index in [-0.39, 0.29) is 20.1 Å². The van der Waals surface area contributed by atoms with Gasteiger partial charge in [-0.15, -0.1) is 47.5 Å². The molecule has 4 heterocycles. The van der Waals surface area contributed by atoms with Gasteiger partial charge < -0.3 is 14.4 Å². The average molecular weight is 858 g/mol. The van der Waals surface area contributed by atoms with Crippen LogP contribution in [0.1, 0.15) is 54.3 Å². The van der Waals surface area contributed by atoms with E-state index in [1.165, 1.54) is 33.4 Å². The zero-order valence-corrected chi connectivity index (χ0v) is 33.5. The van der Waals surface area contributed by atoms with E-state index in [4.69, 9.17) is 4.42 Å². The monoisotopic (exact) mass is 858 g/mol. The van der Waals surface area contributed by atoms with Crippen LogP contribution in [0.15, 0.2) is 108 Å². The molecule has 8 rings (SSSR count). The molecule has 0 atom stereocenters. The van der Waals surface area contributed by atoms with Gasteiger partial charge in [-0.25, -0.2) is 0 Å². The van der Waals surface area contributed by atoms with Crippen molar-refractivity contribution >= 4 is 32.7 Å². The fourth-order valence-electron chi connectivity index (χ4n) is 6.54. The predicted molar refractivity (Wildman–Crippen MR) is 212 cm³/mol. The quantitative estimate of drug-likeness (QED) is 0.165. The Morgan fingerprint density at radius 3 is 2.10 bits per heavy atom. The molecule has 4 aromatic heterocycles. The van der Waals surface area contributed by atoms with Crippen LogP contribution in [0, 0.1) is 52.2 Å². The molecule has 8 aromatic rings. The summed E-state index contributed by atoms with van der Waals surface area (Å²) in [4.78, 5) is 13.6. The minimum absolute atomic E-state index is 0. The van der Waals surface area contributed by atoms with Crippen molar-refractivity contribution in [2.24, 2.45) is 5.41 Å². The molecule has 263 valence electrons. The summed E-state index contributed by atoms with van der Waals surface area (Å²) in [5.74, 6) is 0. The molecule has 52 heavy (non-hydrogen) atoms. The van der Waals surface area contributed by atoms with Crippen molar-refractivity contribution < 1.29 is 24.5 Å². The molecule has 0 aliphatic rings. The first kappa shape index (κ1) is 36.8. The van der Waals surface area contributed by atoms with Crippen LogP contribution in [-0.4, -0.2) is 15.0 Å². The Bertz CT molecular complexity index is 2520. The molecule has 0 spiro atoms. The van der Waals surface area contributed by atoms with Crippen molar-refractivity contribution in [2.45, 2.75) is 61.8 Å². The van der Waals surface area contributed by atoms with Gasteiger partial charge in [0.25, 0.3) is 0 Å².